The fraction of sp³-hybridized carbons (Fsp3) is 0.312. The van der Waals surface area contributed by atoms with Gasteiger partial charge in [-0.25, -0.2) is 4.98 Å². The zero-order valence-electron chi connectivity index (χ0n) is 10.7. The molecule has 2 N–H and O–H groups in total. The summed E-state index contributed by atoms with van der Waals surface area (Å²) >= 11 is 0. The summed E-state index contributed by atoms with van der Waals surface area (Å²) < 4.78 is 0. The summed E-state index contributed by atoms with van der Waals surface area (Å²) in [7, 11) is 0. The van der Waals surface area contributed by atoms with Gasteiger partial charge in [-0.3, -0.25) is 0 Å². The van der Waals surface area contributed by atoms with E-state index in [2.05, 4.69) is 36.2 Å². The molecule has 0 amide bonds. The smallest absolute Gasteiger partial charge is 0.126 e. The van der Waals surface area contributed by atoms with E-state index in [-0.39, 0.29) is 0 Å². The molecule has 0 saturated heterocycles. The number of hydrogen-bond acceptors (Lipinski definition) is 2. The SMILES string of the molecule is Cc1cnc(N)c(Cc2ccc3c(c2)CCC3)c1. The first-order valence-electron chi connectivity index (χ1n) is 6.54. The van der Waals surface area contributed by atoms with E-state index in [1.165, 1.54) is 41.5 Å². The zero-order valence-corrected chi connectivity index (χ0v) is 10.7. The van der Waals surface area contributed by atoms with Crippen molar-refractivity contribution in [1.29, 1.82) is 0 Å². The molecule has 2 heteroatoms. The van der Waals surface area contributed by atoms with Crippen molar-refractivity contribution in [2.75, 3.05) is 5.73 Å². The molecule has 0 radical (unpaired) electrons. The van der Waals surface area contributed by atoms with E-state index in [1.807, 2.05) is 6.20 Å². The molecule has 0 saturated carbocycles. The van der Waals surface area contributed by atoms with Gasteiger partial charge in [0.2, 0.25) is 0 Å². The molecule has 0 aliphatic heterocycles. The van der Waals surface area contributed by atoms with Crippen LogP contribution in [0.1, 0.15) is 34.2 Å². The number of hydrogen-bond donors (Lipinski definition) is 1. The Bertz CT molecular complexity index is 588. The molecule has 3 rings (SSSR count). The number of fused-ring (bicyclic) bond motifs is 1. The van der Waals surface area contributed by atoms with Crippen molar-refractivity contribution < 1.29 is 0 Å². The number of aryl methyl sites for hydroxylation is 3. The van der Waals surface area contributed by atoms with Crippen molar-refractivity contribution >= 4 is 5.82 Å². The number of rotatable bonds is 2. The van der Waals surface area contributed by atoms with Crippen molar-refractivity contribution in [3.63, 3.8) is 0 Å². The van der Waals surface area contributed by atoms with Gasteiger partial charge in [-0.1, -0.05) is 24.3 Å². The highest BCUT2D eigenvalue weighted by molar-refractivity contribution is 5.45. The first kappa shape index (κ1) is 11.3. The minimum absolute atomic E-state index is 0.654. The van der Waals surface area contributed by atoms with Gasteiger partial charge in [0.05, 0.1) is 0 Å². The fourth-order valence-electron chi connectivity index (χ4n) is 2.74. The molecular weight excluding hydrogens is 220 g/mol. The molecule has 0 bridgehead atoms. The van der Waals surface area contributed by atoms with Gasteiger partial charge in [-0.2, -0.15) is 0 Å². The van der Waals surface area contributed by atoms with Crippen LogP contribution in [-0.2, 0) is 19.3 Å². The lowest BCUT2D eigenvalue weighted by atomic mass is 10.0. The second-order valence-corrected chi connectivity index (χ2v) is 5.19. The zero-order chi connectivity index (χ0) is 12.5. The lowest BCUT2D eigenvalue weighted by molar-refractivity contribution is 0.911. The number of aromatic nitrogens is 1. The van der Waals surface area contributed by atoms with Gasteiger partial charge >= 0.3 is 0 Å². The van der Waals surface area contributed by atoms with E-state index in [0.29, 0.717) is 5.82 Å². The predicted molar refractivity (Wildman–Crippen MR) is 74.7 cm³/mol. The van der Waals surface area contributed by atoms with Gasteiger partial charge in [-0.15, -0.1) is 0 Å². The lowest BCUT2D eigenvalue weighted by Gasteiger charge is -2.08. The molecule has 92 valence electrons. The Morgan fingerprint density at radius 3 is 2.89 bits per heavy atom. The van der Waals surface area contributed by atoms with Crippen molar-refractivity contribution in [2.24, 2.45) is 0 Å². The van der Waals surface area contributed by atoms with Gasteiger partial charge in [0.1, 0.15) is 5.82 Å². The number of nitrogens with two attached hydrogens (primary N) is 1. The Balaban J connectivity index is 1.90. The quantitative estimate of drug-likeness (QED) is 0.873. The van der Waals surface area contributed by atoms with Crippen LogP contribution in [-0.4, -0.2) is 4.98 Å². The van der Waals surface area contributed by atoms with Crippen molar-refractivity contribution in [3.05, 3.63) is 58.3 Å². The van der Waals surface area contributed by atoms with E-state index in [4.69, 9.17) is 5.73 Å². The monoisotopic (exact) mass is 238 g/mol. The Morgan fingerprint density at radius 2 is 2.00 bits per heavy atom. The van der Waals surface area contributed by atoms with Crippen molar-refractivity contribution in [3.8, 4) is 0 Å². The highest BCUT2D eigenvalue weighted by Gasteiger charge is 2.11. The summed E-state index contributed by atoms with van der Waals surface area (Å²) in [5.74, 6) is 0.654. The minimum Gasteiger partial charge on any atom is -0.383 e. The maximum Gasteiger partial charge on any atom is 0.126 e. The van der Waals surface area contributed by atoms with E-state index in [9.17, 15) is 0 Å². The largest absolute Gasteiger partial charge is 0.383 e. The second kappa shape index (κ2) is 4.45. The van der Waals surface area contributed by atoms with Gasteiger partial charge in [0.25, 0.3) is 0 Å². The normalized spacial score (nSPS) is 13.6. The van der Waals surface area contributed by atoms with Crippen LogP contribution in [0.5, 0.6) is 0 Å². The van der Waals surface area contributed by atoms with Crippen LogP contribution < -0.4 is 5.73 Å². The molecule has 1 aromatic heterocycles. The molecular formula is C16H18N2. The van der Waals surface area contributed by atoms with Crippen LogP contribution in [0.2, 0.25) is 0 Å². The molecule has 1 aromatic carbocycles. The third-order valence-corrected chi connectivity index (χ3v) is 3.70. The molecule has 2 nitrogen and oxygen atoms in total. The third kappa shape index (κ3) is 2.10. The van der Waals surface area contributed by atoms with Crippen molar-refractivity contribution in [1.82, 2.24) is 4.98 Å². The molecule has 1 aliphatic rings. The number of nitrogen functional groups attached to an aromatic ring is 1. The first-order chi connectivity index (χ1) is 8.72. The average molecular weight is 238 g/mol. The highest BCUT2D eigenvalue weighted by Crippen LogP contribution is 2.24. The van der Waals surface area contributed by atoms with Crippen LogP contribution in [0.25, 0.3) is 0 Å². The maximum absolute atomic E-state index is 5.94. The topological polar surface area (TPSA) is 38.9 Å². The number of pyridine rings is 1. The molecule has 1 aliphatic carbocycles. The Hall–Kier alpha value is -1.83. The van der Waals surface area contributed by atoms with E-state index in [0.717, 1.165) is 12.0 Å². The Labute approximate surface area is 108 Å². The Kier molecular flexibility index (Phi) is 2.78. The van der Waals surface area contributed by atoms with Crippen molar-refractivity contribution in [2.45, 2.75) is 32.6 Å². The van der Waals surface area contributed by atoms with Gasteiger partial charge in [0.15, 0.2) is 0 Å². The predicted octanol–water partition coefficient (Wildman–Crippen LogP) is 3.05. The minimum atomic E-state index is 0.654. The molecule has 1 heterocycles. The molecule has 18 heavy (non-hydrogen) atoms. The molecule has 2 aromatic rings. The van der Waals surface area contributed by atoms with E-state index >= 15 is 0 Å². The maximum atomic E-state index is 5.94. The summed E-state index contributed by atoms with van der Waals surface area (Å²) in [6, 6.07) is 8.97. The first-order valence-corrected chi connectivity index (χ1v) is 6.54. The van der Waals surface area contributed by atoms with E-state index in [1.54, 1.807) is 0 Å². The van der Waals surface area contributed by atoms with Crippen LogP contribution in [0.15, 0.2) is 30.5 Å². The summed E-state index contributed by atoms with van der Waals surface area (Å²) in [6.45, 7) is 2.05. The fourth-order valence-corrected chi connectivity index (χ4v) is 2.74. The molecule has 0 spiro atoms. The van der Waals surface area contributed by atoms with Gasteiger partial charge in [-0.05, 0) is 54.0 Å². The third-order valence-electron chi connectivity index (χ3n) is 3.70. The van der Waals surface area contributed by atoms with Crippen LogP contribution >= 0.6 is 0 Å². The molecule has 0 atom stereocenters. The Morgan fingerprint density at radius 1 is 1.17 bits per heavy atom. The lowest BCUT2D eigenvalue weighted by Crippen LogP contribution is -2.00. The van der Waals surface area contributed by atoms with E-state index < -0.39 is 0 Å². The molecule has 0 fully saturated rings. The second-order valence-electron chi connectivity index (χ2n) is 5.19. The highest BCUT2D eigenvalue weighted by atomic mass is 14.8. The van der Waals surface area contributed by atoms with Gasteiger partial charge in [0, 0.05) is 12.6 Å². The summed E-state index contributed by atoms with van der Waals surface area (Å²) in [6.07, 6.45) is 6.47. The van der Waals surface area contributed by atoms with Crippen LogP contribution in [0.3, 0.4) is 0 Å². The number of benzene rings is 1. The number of anilines is 1. The summed E-state index contributed by atoms with van der Waals surface area (Å²) in [5.41, 5.74) is 12.6. The molecule has 0 unspecified atom stereocenters. The van der Waals surface area contributed by atoms with Crippen LogP contribution in [0, 0.1) is 6.92 Å². The summed E-state index contributed by atoms with van der Waals surface area (Å²) in [5, 5.41) is 0. The van der Waals surface area contributed by atoms with Crippen LogP contribution in [0.4, 0.5) is 5.82 Å². The standard InChI is InChI=1S/C16H18N2/c1-11-7-15(16(17)18-10-11)9-12-5-6-13-3-2-4-14(13)8-12/h5-8,10H,2-4,9H2,1H3,(H2,17,18). The average Bonchev–Trinajstić information content (AvgIpc) is 2.81. The summed E-state index contributed by atoms with van der Waals surface area (Å²) in [4.78, 5) is 4.23. The number of nitrogens with zero attached hydrogens (tertiary/aromatic N) is 1. The van der Waals surface area contributed by atoms with Gasteiger partial charge < -0.3 is 5.73 Å².